The third-order valence-corrected chi connectivity index (χ3v) is 4.16. The minimum Gasteiger partial charge on any atom is -0.394 e. The molecule has 2 rings (SSSR count). The van der Waals surface area contributed by atoms with Crippen molar-refractivity contribution < 1.29 is 5.11 Å². The highest BCUT2D eigenvalue weighted by Crippen LogP contribution is 2.30. The molecule has 1 heterocycles. The van der Waals surface area contributed by atoms with Crippen LogP contribution in [-0.4, -0.2) is 24.3 Å². The lowest BCUT2D eigenvalue weighted by atomic mass is 10.0. The van der Waals surface area contributed by atoms with E-state index < -0.39 is 0 Å². The minimum atomic E-state index is 0.130. The van der Waals surface area contributed by atoms with Crippen LogP contribution in [0.4, 0.5) is 5.69 Å². The van der Waals surface area contributed by atoms with Gasteiger partial charge in [-0.1, -0.05) is 26.0 Å². The number of anilines is 1. The number of aliphatic hydroxyl groups excluding tert-OH is 1. The molecule has 3 N–H and O–H groups in total. The molecule has 0 saturated carbocycles. The Balaban J connectivity index is 2.14. The zero-order chi connectivity index (χ0) is 13.1. The van der Waals surface area contributed by atoms with Crippen molar-refractivity contribution in [3.63, 3.8) is 0 Å². The van der Waals surface area contributed by atoms with Crippen molar-refractivity contribution >= 4 is 5.69 Å². The van der Waals surface area contributed by atoms with Gasteiger partial charge in [-0.15, -0.1) is 0 Å². The van der Waals surface area contributed by atoms with Crippen LogP contribution in [-0.2, 0) is 0 Å². The summed E-state index contributed by atoms with van der Waals surface area (Å²) in [5, 5.41) is 9.49. The third kappa shape index (κ3) is 2.52. The van der Waals surface area contributed by atoms with Crippen LogP contribution in [0, 0.1) is 5.92 Å². The fourth-order valence-electron chi connectivity index (χ4n) is 2.76. The topological polar surface area (TPSA) is 49.5 Å². The van der Waals surface area contributed by atoms with Crippen molar-refractivity contribution in [1.29, 1.82) is 0 Å². The van der Waals surface area contributed by atoms with Gasteiger partial charge in [-0.3, -0.25) is 0 Å². The van der Waals surface area contributed by atoms with Gasteiger partial charge in [0.05, 0.1) is 12.6 Å². The highest BCUT2D eigenvalue weighted by atomic mass is 16.3. The Bertz CT molecular complexity index is 377. The first-order chi connectivity index (χ1) is 8.67. The first-order valence-electron chi connectivity index (χ1n) is 6.90. The minimum absolute atomic E-state index is 0.130. The second-order valence-corrected chi connectivity index (χ2v) is 5.32. The van der Waals surface area contributed by atoms with E-state index in [1.54, 1.807) is 0 Å². The average molecular weight is 248 g/mol. The number of nitrogens with two attached hydrogens (primary N) is 1. The number of benzene rings is 1. The van der Waals surface area contributed by atoms with E-state index in [-0.39, 0.29) is 18.7 Å². The number of hydrogen-bond donors (Lipinski definition) is 2. The van der Waals surface area contributed by atoms with Gasteiger partial charge in [-0.25, -0.2) is 0 Å². The summed E-state index contributed by atoms with van der Waals surface area (Å²) in [5.41, 5.74) is 8.41. The van der Waals surface area contributed by atoms with Crippen molar-refractivity contribution in [1.82, 2.24) is 0 Å². The van der Waals surface area contributed by atoms with E-state index in [1.807, 2.05) is 0 Å². The van der Waals surface area contributed by atoms with Gasteiger partial charge in [0.2, 0.25) is 0 Å². The lowest BCUT2D eigenvalue weighted by Gasteiger charge is -2.27. The van der Waals surface area contributed by atoms with Crippen LogP contribution in [0.3, 0.4) is 0 Å². The fourth-order valence-corrected chi connectivity index (χ4v) is 2.76. The molecule has 1 aromatic carbocycles. The van der Waals surface area contributed by atoms with Crippen molar-refractivity contribution in [2.45, 2.75) is 38.8 Å². The van der Waals surface area contributed by atoms with E-state index in [9.17, 15) is 5.11 Å². The predicted molar refractivity (Wildman–Crippen MR) is 75.7 cm³/mol. The molecule has 0 bridgehead atoms. The normalized spacial score (nSPS) is 25.4. The van der Waals surface area contributed by atoms with Gasteiger partial charge in [-0.05, 0) is 36.5 Å². The molecule has 1 aromatic rings. The van der Waals surface area contributed by atoms with Crippen LogP contribution in [0.25, 0.3) is 0 Å². The zero-order valence-electron chi connectivity index (χ0n) is 11.3. The van der Waals surface area contributed by atoms with Crippen LogP contribution in [0.1, 0.15) is 38.3 Å². The quantitative estimate of drug-likeness (QED) is 0.859. The van der Waals surface area contributed by atoms with Crippen molar-refractivity contribution in [2.24, 2.45) is 11.7 Å². The fraction of sp³-hybridized carbons (Fsp3) is 0.600. The van der Waals surface area contributed by atoms with E-state index in [0.29, 0.717) is 5.92 Å². The van der Waals surface area contributed by atoms with Crippen molar-refractivity contribution in [3.05, 3.63) is 29.8 Å². The molecule has 3 nitrogen and oxygen atoms in total. The molecule has 1 fully saturated rings. The monoisotopic (exact) mass is 248 g/mol. The highest BCUT2D eigenvalue weighted by Gasteiger charge is 2.30. The molecule has 1 saturated heterocycles. The Kier molecular flexibility index (Phi) is 4.25. The lowest BCUT2D eigenvalue weighted by Crippen LogP contribution is -2.35. The molecule has 3 heteroatoms. The molecular formula is C15H24N2O. The second-order valence-electron chi connectivity index (χ2n) is 5.32. The summed E-state index contributed by atoms with van der Waals surface area (Å²) in [5.74, 6) is 0.563. The third-order valence-electron chi connectivity index (χ3n) is 4.16. The maximum Gasteiger partial charge on any atom is 0.0637 e. The van der Waals surface area contributed by atoms with E-state index in [0.717, 1.165) is 19.4 Å². The van der Waals surface area contributed by atoms with Gasteiger partial charge in [0.1, 0.15) is 0 Å². The first-order valence-corrected chi connectivity index (χ1v) is 6.90. The van der Waals surface area contributed by atoms with Gasteiger partial charge < -0.3 is 15.7 Å². The summed E-state index contributed by atoms with van der Waals surface area (Å²) in [7, 11) is 0. The molecule has 1 aliphatic heterocycles. The summed E-state index contributed by atoms with van der Waals surface area (Å²) in [6.45, 7) is 5.58. The van der Waals surface area contributed by atoms with Crippen LogP contribution >= 0.6 is 0 Å². The molecule has 18 heavy (non-hydrogen) atoms. The van der Waals surface area contributed by atoms with Gasteiger partial charge in [-0.2, -0.15) is 0 Å². The lowest BCUT2D eigenvalue weighted by molar-refractivity contribution is 0.245. The Labute approximate surface area is 110 Å². The molecule has 0 aliphatic carbocycles. The molecule has 0 spiro atoms. The molecule has 0 radical (unpaired) electrons. The second kappa shape index (κ2) is 5.72. The molecular weight excluding hydrogens is 224 g/mol. The van der Waals surface area contributed by atoms with Gasteiger partial charge in [0, 0.05) is 18.3 Å². The highest BCUT2D eigenvalue weighted by molar-refractivity contribution is 5.50. The summed E-state index contributed by atoms with van der Waals surface area (Å²) in [4.78, 5) is 2.31. The number of rotatable bonds is 4. The molecule has 0 aromatic heterocycles. The molecule has 0 amide bonds. The predicted octanol–water partition coefficient (Wildman–Crippen LogP) is 2.30. The van der Waals surface area contributed by atoms with E-state index in [2.05, 4.69) is 43.0 Å². The number of aliphatic hydroxyl groups is 1. The van der Waals surface area contributed by atoms with Crippen LogP contribution < -0.4 is 10.6 Å². The van der Waals surface area contributed by atoms with Gasteiger partial charge in [0.25, 0.3) is 0 Å². The molecule has 100 valence electrons. The standard InChI is InChI=1S/C15H24N2O/c1-3-14(16)12-4-6-13(7-5-12)17-9-8-11(2)15(17)10-18/h4-7,11,14-15,18H,3,8-10,16H2,1-2H3. The van der Waals surface area contributed by atoms with E-state index in [1.165, 1.54) is 11.3 Å². The smallest absolute Gasteiger partial charge is 0.0637 e. The van der Waals surface area contributed by atoms with Crippen molar-refractivity contribution in [3.8, 4) is 0 Å². The van der Waals surface area contributed by atoms with Gasteiger partial charge in [0.15, 0.2) is 0 Å². The number of hydrogen-bond acceptors (Lipinski definition) is 3. The maximum absolute atomic E-state index is 9.49. The van der Waals surface area contributed by atoms with E-state index >= 15 is 0 Å². The maximum atomic E-state index is 9.49. The number of nitrogens with zero attached hydrogens (tertiary/aromatic N) is 1. The molecule has 3 atom stereocenters. The average Bonchev–Trinajstić information content (AvgIpc) is 2.79. The summed E-state index contributed by atoms with van der Waals surface area (Å²) >= 11 is 0. The summed E-state index contributed by atoms with van der Waals surface area (Å²) < 4.78 is 0. The van der Waals surface area contributed by atoms with Crippen molar-refractivity contribution in [2.75, 3.05) is 18.1 Å². The Hall–Kier alpha value is -1.06. The Morgan fingerprint density at radius 2 is 2.06 bits per heavy atom. The van der Waals surface area contributed by atoms with Crippen LogP contribution in [0.5, 0.6) is 0 Å². The van der Waals surface area contributed by atoms with Crippen LogP contribution in [0.2, 0.25) is 0 Å². The SMILES string of the molecule is CCC(N)c1ccc(N2CCC(C)C2CO)cc1. The Morgan fingerprint density at radius 1 is 1.39 bits per heavy atom. The summed E-state index contributed by atoms with van der Waals surface area (Å²) in [6, 6.07) is 8.87. The largest absolute Gasteiger partial charge is 0.394 e. The summed E-state index contributed by atoms with van der Waals surface area (Å²) in [6.07, 6.45) is 2.11. The Morgan fingerprint density at radius 3 is 2.61 bits per heavy atom. The first kappa shape index (κ1) is 13.4. The van der Waals surface area contributed by atoms with Gasteiger partial charge >= 0.3 is 0 Å². The van der Waals surface area contributed by atoms with E-state index in [4.69, 9.17) is 5.73 Å². The molecule has 1 aliphatic rings. The molecule has 3 unspecified atom stereocenters. The zero-order valence-corrected chi connectivity index (χ0v) is 11.3. The van der Waals surface area contributed by atoms with Crippen LogP contribution in [0.15, 0.2) is 24.3 Å².